The Hall–Kier alpha value is -2.91. The first-order valence-electron chi connectivity index (χ1n) is 11.1. The van der Waals surface area contributed by atoms with Crippen molar-refractivity contribution in [2.45, 2.75) is 51.6 Å². The van der Waals surface area contributed by atoms with E-state index in [4.69, 9.17) is 4.74 Å². The van der Waals surface area contributed by atoms with Crippen molar-refractivity contribution in [1.82, 2.24) is 9.62 Å². The largest absolute Gasteiger partial charge is 0.494 e. The van der Waals surface area contributed by atoms with Crippen LogP contribution in [0.2, 0.25) is 0 Å². The average Bonchev–Trinajstić information content (AvgIpc) is 3.18. The third-order valence-corrected chi connectivity index (χ3v) is 7.77. The smallest absolute Gasteiger partial charge is 0.243 e. The Morgan fingerprint density at radius 1 is 1.09 bits per heavy atom. The van der Waals surface area contributed by atoms with Crippen molar-refractivity contribution in [3.8, 4) is 5.75 Å². The number of sulfonamides is 1. The van der Waals surface area contributed by atoms with Crippen molar-refractivity contribution in [1.29, 1.82) is 0 Å². The Balaban J connectivity index is 1.78. The molecule has 8 nitrogen and oxygen atoms in total. The van der Waals surface area contributed by atoms with Crippen LogP contribution >= 0.6 is 0 Å². The summed E-state index contributed by atoms with van der Waals surface area (Å²) in [4.78, 5) is 27.0. The fourth-order valence-electron chi connectivity index (χ4n) is 4.08. The lowest BCUT2D eigenvalue weighted by atomic mass is 10.1. The summed E-state index contributed by atoms with van der Waals surface area (Å²) in [5, 5.41) is 2.89. The molecule has 2 aromatic carbocycles. The van der Waals surface area contributed by atoms with Crippen molar-refractivity contribution < 1.29 is 22.7 Å². The summed E-state index contributed by atoms with van der Waals surface area (Å²) in [6, 6.07) is 11.4. The first-order valence-corrected chi connectivity index (χ1v) is 12.6. The highest BCUT2D eigenvalue weighted by atomic mass is 32.2. The van der Waals surface area contributed by atoms with Gasteiger partial charge in [-0.2, -0.15) is 4.31 Å². The maximum Gasteiger partial charge on any atom is 0.243 e. The molecule has 9 heteroatoms. The number of carbonyl (C=O) groups excluding carboxylic acids is 2. The van der Waals surface area contributed by atoms with Crippen LogP contribution in [0.1, 0.15) is 38.8 Å². The van der Waals surface area contributed by atoms with Crippen molar-refractivity contribution in [3.63, 3.8) is 0 Å². The molecule has 0 radical (unpaired) electrons. The quantitative estimate of drug-likeness (QED) is 0.604. The van der Waals surface area contributed by atoms with Gasteiger partial charge in [0.15, 0.2) is 0 Å². The molecule has 0 aromatic heterocycles. The van der Waals surface area contributed by atoms with Gasteiger partial charge < -0.3 is 10.1 Å². The van der Waals surface area contributed by atoms with Crippen molar-refractivity contribution in [2.24, 2.45) is 0 Å². The van der Waals surface area contributed by atoms with E-state index >= 15 is 0 Å². The maximum atomic E-state index is 13.0. The van der Waals surface area contributed by atoms with Crippen LogP contribution in [0, 0.1) is 0 Å². The van der Waals surface area contributed by atoms with Gasteiger partial charge in [-0.3, -0.25) is 14.5 Å². The Morgan fingerprint density at radius 3 is 2.33 bits per heavy atom. The number of hydrogen-bond donors (Lipinski definition) is 1. The number of ether oxygens (including phenoxy) is 1. The molecule has 0 saturated heterocycles. The van der Waals surface area contributed by atoms with Gasteiger partial charge in [0.2, 0.25) is 21.8 Å². The molecule has 178 valence electrons. The maximum absolute atomic E-state index is 13.0. The molecule has 0 unspecified atom stereocenters. The second-order valence-electron chi connectivity index (χ2n) is 7.78. The van der Waals surface area contributed by atoms with Crippen LogP contribution in [0.4, 0.5) is 5.69 Å². The summed E-state index contributed by atoms with van der Waals surface area (Å²) in [5.41, 5.74) is 2.14. The van der Waals surface area contributed by atoms with Crippen molar-refractivity contribution in [3.05, 3.63) is 53.6 Å². The summed E-state index contributed by atoms with van der Waals surface area (Å²) >= 11 is 0. The Labute approximate surface area is 195 Å². The van der Waals surface area contributed by atoms with Crippen molar-refractivity contribution in [2.75, 3.05) is 24.6 Å². The second kappa shape index (κ2) is 10.4. The van der Waals surface area contributed by atoms with Crippen LogP contribution in [-0.4, -0.2) is 50.3 Å². The fourth-order valence-corrected chi connectivity index (χ4v) is 5.59. The predicted octanol–water partition coefficient (Wildman–Crippen LogP) is 2.71. The average molecular weight is 474 g/mol. The summed E-state index contributed by atoms with van der Waals surface area (Å²) in [5.74, 6) is 0.204. The van der Waals surface area contributed by atoms with E-state index < -0.39 is 16.1 Å². The number of nitrogens with zero attached hydrogens (tertiary/aromatic N) is 2. The van der Waals surface area contributed by atoms with Gasteiger partial charge in [-0.1, -0.05) is 26.0 Å². The zero-order valence-electron chi connectivity index (χ0n) is 19.5. The van der Waals surface area contributed by atoms with Gasteiger partial charge in [0.1, 0.15) is 11.8 Å². The third-order valence-electron chi connectivity index (χ3n) is 5.72. The molecule has 0 aliphatic carbocycles. The van der Waals surface area contributed by atoms with E-state index in [-0.39, 0.29) is 23.1 Å². The molecule has 2 amide bonds. The summed E-state index contributed by atoms with van der Waals surface area (Å²) in [6.45, 7) is 8.52. The molecular formula is C24H31N3O5S. The Morgan fingerprint density at radius 2 is 1.76 bits per heavy atom. The third kappa shape index (κ3) is 5.20. The number of amides is 2. The molecular weight excluding hydrogens is 442 g/mol. The van der Waals surface area contributed by atoms with E-state index in [1.165, 1.54) is 22.2 Å². The van der Waals surface area contributed by atoms with Crippen LogP contribution < -0.4 is 15.0 Å². The van der Waals surface area contributed by atoms with Crippen LogP contribution in [0.3, 0.4) is 0 Å². The minimum Gasteiger partial charge on any atom is -0.494 e. The normalized spacial score (nSPS) is 15.4. The molecule has 2 aromatic rings. The van der Waals surface area contributed by atoms with Gasteiger partial charge in [0, 0.05) is 38.7 Å². The summed E-state index contributed by atoms with van der Waals surface area (Å²) < 4.78 is 32.6. The molecule has 1 N–H and O–H groups in total. The minimum absolute atomic E-state index is 0.170. The lowest BCUT2D eigenvalue weighted by Crippen LogP contribution is -2.47. The van der Waals surface area contributed by atoms with Crippen LogP contribution in [0.5, 0.6) is 5.75 Å². The fraction of sp³-hybridized carbons (Fsp3) is 0.417. The monoisotopic (exact) mass is 473 g/mol. The topological polar surface area (TPSA) is 96.0 Å². The molecule has 3 rings (SSSR count). The van der Waals surface area contributed by atoms with Crippen molar-refractivity contribution >= 4 is 27.5 Å². The number of carbonyl (C=O) groups is 2. The number of anilines is 1. The standard InChI is InChI=1S/C24H31N3O5S/c1-5-26(6-2)33(30,31)21-12-13-22-19(14-21)15-23(27(22)17(4)28)24(29)25-16-18-8-10-20(11-9-18)32-7-3/h8-14,23H,5-7,15-16H2,1-4H3,(H,25,29)/t23-/m1/s1. The van der Waals surface area contributed by atoms with E-state index in [9.17, 15) is 18.0 Å². The summed E-state index contributed by atoms with van der Waals surface area (Å²) in [6.07, 6.45) is 0.256. The molecule has 0 saturated carbocycles. The SMILES string of the molecule is CCOc1ccc(CNC(=O)[C@H]2Cc3cc(S(=O)(=O)N(CC)CC)ccc3N2C(C)=O)cc1. The van der Waals surface area contributed by atoms with E-state index in [1.807, 2.05) is 31.2 Å². The number of fused-ring (bicyclic) bond motifs is 1. The van der Waals surface area contributed by atoms with E-state index in [0.717, 1.165) is 11.3 Å². The molecule has 0 fully saturated rings. The molecule has 0 spiro atoms. The van der Waals surface area contributed by atoms with E-state index in [1.54, 1.807) is 26.0 Å². The van der Waals surface area contributed by atoms with Gasteiger partial charge in [0.25, 0.3) is 0 Å². The number of rotatable bonds is 9. The van der Waals surface area contributed by atoms with Crippen LogP contribution in [-0.2, 0) is 32.6 Å². The summed E-state index contributed by atoms with van der Waals surface area (Å²) in [7, 11) is -3.63. The lowest BCUT2D eigenvalue weighted by Gasteiger charge is -2.23. The van der Waals surface area contributed by atoms with Gasteiger partial charge >= 0.3 is 0 Å². The van der Waals surface area contributed by atoms with Gasteiger partial charge in [0.05, 0.1) is 11.5 Å². The number of nitrogens with one attached hydrogen (secondary N) is 1. The zero-order chi connectivity index (χ0) is 24.2. The Kier molecular flexibility index (Phi) is 7.76. The molecule has 1 atom stereocenters. The lowest BCUT2D eigenvalue weighted by molar-refractivity contribution is -0.125. The first-order chi connectivity index (χ1) is 15.7. The molecule has 0 bridgehead atoms. The second-order valence-corrected chi connectivity index (χ2v) is 9.72. The molecule has 1 aliphatic rings. The van der Waals surface area contributed by atoms with E-state index in [0.29, 0.717) is 37.5 Å². The number of benzene rings is 2. The zero-order valence-corrected chi connectivity index (χ0v) is 20.3. The highest BCUT2D eigenvalue weighted by Crippen LogP contribution is 2.35. The predicted molar refractivity (Wildman–Crippen MR) is 127 cm³/mol. The molecule has 33 heavy (non-hydrogen) atoms. The van der Waals surface area contributed by atoms with E-state index in [2.05, 4.69) is 5.32 Å². The van der Waals surface area contributed by atoms with Gasteiger partial charge in [-0.25, -0.2) is 8.42 Å². The highest BCUT2D eigenvalue weighted by molar-refractivity contribution is 7.89. The van der Waals surface area contributed by atoms with Gasteiger partial charge in [-0.05, 0) is 48.4 Å². The molecule has 1 aliphatic heterocycles. The first kappa shape index (κ1) is 24.7. The Bertz CT molecular complexity index is 1110. The highest BCUT2D eigenvalue weighted by Gasteiger charge is 2.37. The van der Waals surface area contributed by atoms with Gasteiger partial charge in [-0.15, -0.1) is 0 Å². The number of hydrogen-bond acceptors (Lipinski definition) is 5. The minimum atomic E-state index is -3.63. The van der Waals surface area contributed by atoms with Crippen LogP contribution in [0.15, 0.2) is 47.4 Å². The molecule has 1 heterocycles. The van der Waals surface area contributed by atoms with Crippen LogP contribution in [0.25, 0.3) is 0 Å².